The van der Waals surface area contributed by atoms with E-state index in [4.69, 9.17) is 5.73 Å². The van der Waals surface area contributed by atoms with Crippen LogP contribution in [0.4, 0.5) is 0 Å². The van der Waals surface area contributed by atoms with E-state index in [0.717, 1.165) is 31.6 Å². The molecular formula is C17H39N3. The third-order valence-electron chi connectivity index (χ3n) is 4.22. The van der Waals surface area contributed by atoms with Crippen LogP contribution in [0.5, 0.6) is 0 Å². The molecule has 0 aromatic carbocycles. The average molecular weight is 286 g/mol. The fourth-order valence-electron chi connectivity index (χ4n) is 2.79. The molecule has 0 aromatic rings. The summed E-state index contributed by atoms with van der Waals surface area (Å²) in [6.07, 6.45) is 12.1. The highest BCUT2D eigenvalue weighted by atomic mass is 14.9. The van der Waals surface area contributed by atoms with Gasteiger partial charge in [-0.05, 0) is 64.7 Å². The topological polar surface area (TPSA) is 50.1 Å². The van der Waals surface area contributed by atoms with Crippen LogP contribution < -0.4 is 16.4 Å². The standard InChI is InChI=1S/C10H24N2.C7H15N/c1-4-7-10(5-2)12-9-6-8-11-3;8-6-7-4-2-1-3-5-7/h10-12H,4-9H2,1-3H3;7H,1-6,8H2. The average Bonchev–Trinajstić information content (AvgIpc) is 2.52. The molecule has 0 radical (unpaired) electrons. The van der Waals surface area contributed by atoms with Gasteiger partial charge in [0.2, 0.25) is 0 Å². The maximum absolute atomic E-state index is 5.50. The van der Waals surface area contributed by atoms with Crippen LogP contribution in [-0.2, 0) is 0 Å². The van der Waals surface area contributed by atoms with Gasteiger partial charge in [0.1, 0.15) is 0 Å². The molecule has 1 unspecified atom stereocenters. The molecule has 0 bridgehead atoms. The largest absolute Gasteiger partial charge is 0.330 e. The van der Waals surface area contributed by atoms with Crippen molar-refractivity contribution >= 4 is 0 Å². The highest BCUT2D eigenvalue weighted by Crippen LogP contribution is 2.21. The number of nitrogens with one attached hydrogen (secondary N) is 2. The molecule has 1 aliphatic carbocycles. The van der Waals surface area contributed by atoms with E-state index in [-0.39, 0.29) is 0 Å². The third-order valence-corrected chi connectivity index (χ3v) is 4.22. The lowest BCUT2D eigenvalue weighted by atomic mass is 9.90. The van der Waals surface area contributed by atoms with Crippen molar-refractivity contribution in [2.45, 2.75) is 77.7 Å². The first-order valence-corrected chi connectivity index (χ1v) is 8.86. The summed E-state index contributed by atoms with van der Waals surface area (Å²) in [6.45, 7) is 7.69. The molecule has 3 nitrogen and oxygen atoms in total. The highest BCUT2D eigenvalue weighted by molar-refractivity contribution is 4.65. The first-order chi connectivity index (χ1) is 9.78. The van der Waals surface area contributed by atoms with Gasteiger partial charge in [-0.2, -0.15) is 0 Å². The van der Waals surface area contributed by atoms with Crippen LogP contribution in [0.3, 0.4) is 0 Å². The smallest absolute Gasteiger partial charge is 0.00643 e. The summed E-state index contributed by atoms with van der Waals surface area (Å²) in [4.78, 5) is 0. The van der Waals surface area contributed by atoms with E-state index in [1.165, 1.54) is 57.8 Å². The van der Waals surface area contributed by atoms with Gasteiger partial charge < -0.3 is 16.4 Å². The minimum absolute atomic E-state index is 0.742. The molecule has 0 aliphatic heterocycles. The zero-order chi connectivity index (χ0) is 15.1. The summed E-state index contributed by atoms with van der Waals surface area (Å²) in [7, 11) is 2.00. The molecule has 1 atom stereocenters. The van der Waals surface area contributed by atoms with E-state index in [1.54, 1.807) is 0 Å². The molecule has 0 heterocycles. The molecule has 0 saturated heterocycles. The van der Waals surface area contributed by atoms with Crippen LogP contribution >= 0.6 is 0 Å². The fourth-order valence-corrected chi connectivity index (χ4v) is 2.79. The third kappa shape index (κ3) is 11.7. The van der Waals surface area contributed by atoms with Gasteiger partial charge in [-0.3, -0.25) is 0 Å². The van der Waals surface area contributed by atoms with Crippen molar-refractivity contribution in [2.24, 2.45) is 11.7 Å². The quantitative estimate of drug-likeness (QED) is 0.570. The van der Waals surface area contributed by atoms with Gasteiger partial charge in [0.15, 0.2) is 0 Å². The van der Waals surface area contributed by atoms with Crippen LogP contribution in [-0.4, -0.2) is 32.7 Å². The summed E-state index contributed by atoms with van der Waals surface area (Å²) in [5, 5.41) is 6.72. The van der Waals surface area contributed by atoms with E-state index >= 15 is 0 Å². The molecule has 0 amide bonds. The normalized spacial score (nSPS) is 17.4. The first kappa shape index (κ1) is 19.9. The summed E-state index contributed by atoms with van der Waals surface area (Å²) < 4.78 is 0. The Labute approximate surface area is 127 Å². The summed E-state index contributed by atoms with van der Waals surface area (Å²) in [5.41, 5.74) is 5.50. The second-order valence-corrected chi connectivity index (χ2v) is 6.04. The van der Waals surface area contributed by atoms with Gasteiger partial charge in [0.05, 0.1) is 0 Å². The second kappa shape index (κ2) is 15.3. The lowest BCUT2D eigenvalue weighted by Gasteiger charge is -2.18. The Morgan fingerprint density at radius 3 is 2.25 bits per heavy atom. The molecule has 4 N–H and O–H groups in total. The van der Waals surface area contributed by atoms with Crippen molar-refractivity contribution in [2.75, 3.05) is 26.7 Å². The minimum Gasteiger partial charge on any atom is -0.330 e. The van der Waals surface area contributed by atoms with Gasteiger partial charge in [-0.1, -0.05) is 39.5 Å². The van der Waals surface area contributed by atoms with Crippen LogP contribution in [0.25, 0.3) is 0 Å². The second-order valence-electron chi connectivity index (χ2n) is 6.04. The lowest BCUT2D eigenvalue weighted by molar-refractivity contribution is 0.366. The van der Waals surface area contributed by atoms with Crippen molar-refractivity contribution < 1.29 is 0 Å². The number of hydrogen-bond donors (Lipinski definition) is 3. The Morgan fingerprint density at radius 2 is 1.80 bits per heavy atom. The molecule has 1 rings (SSSR count). The van der Waals surface area contributed by atoms with Crippen LogP contribution in [0.2, 0.25) is 0 Å². The molecule has 0 spiro atoms. The monoisotopic (exact) mass is 285 g/mol. The first-order valence-electron chi connectivity index (χ1n) is 8.86. The molecule has 122 valence electrons. The Balaban J connectivity index is 0.000000388. The number of hydrogen-bond acceptors (Lipinski definition) is 3. The summed E-state index contributed by atoms with van der Waals surface area (Å²) in [6, 6.07) is 0.742. The SMILES string of the molecule is CCCC(CC)NCCCNC.NCC1CCCCC1. The van der Waals surface area contributed by atoms with Gasteiger partial charge in [-0.15, -0.1) is 0 Å². The zero-order valence-electron chi connectivity index (χ0n) is 14.2. The molecule has 3 heteroatoms. The van der Waals surface area contributed by atoms with E-state index in [9.17, 15) is 0 Å². The van der Waals surface area contributed by atoms with Gasteiger partial charge in [0, 0.05) is 6.04 Å². The van der Waals surface area contributed by atoms with Crippen LogP contribution in [0.15, 0.2) is 0 Å². The summed E-state index contributed by atoms with van der Waals surface area (Å²) in [5.74, 6) is 0.865. The van der Waals surface area contributed by atoms with Crippen molar-refractivity contribution in [3.8, 4) is 0 Å². The Kier molecular flexibility index (Phi) is 15.2. The maximum atomic E-state index is 5.50. The number of nitrogens with two attached hydrogens (primary N) is 1. The maximum Gasteiger partial charge on any atom is 0.00643 e. The van der Waals surface area contributed by atoms with Crippen LogP contribution in [0, 0.1) is 5.92 Å². The highest BCUT2D eigenvalue weighted by Gasteiger charge is 2.09. The van der Waals surface area contributed by atoms with E-state index in [2.05, 4.69) is 24.5 Å². The lowest BCUT2D eigenvalue weighted by Crippen LogP contribution is -2.30. The van der Waals surface area contributed by atoms with Crippen LogP contribution in [0.1, 0.15) is 71.6 Å². The predicted molar refractivity (Wildman–Crippen MR) is 91.2 cm³/mol. The van der Waals surface area contributed by atoms with E-state index in [1.807, 2.05) is 7.05 Å². The van der Waals surface area contributed by atoms with Gasteiger partial charge >= 0.3 is 0 Å². The van der Waals surface area contributed by atoms with E-state index in [0.29, 0.717) is 0 Å². The predicted octanol–water partition coefficient (Wildman–Crippen LogP) is 3.29. The fraction of sp³-hybridized carbons (Fsp3) is 1.00. The molecule has 1 aliphatic rings. The minimum atomic E-state index is 0.742. The van der Waals surface area contributed by atoms with Gasteiger partial charge in [-0.25, -0.2) is 0 Å². The Bertz CT molecular complexity index is 179. The zero-order valence-corrected chi connectivity index (χ0v) is 14.2. The van der Waals surface area contributed by atoms with Crippen molar-refractivity contribution in [1.82, 2.24) is 10.6 Å². The molecular weight excluding hydrogens is 246 g/mol. The Hall–Kier alpha value is -0.120. The van der Waals surface area contributed by atoms with Crippen molar-refractivity contribution in [1.29, 1.82) is 0 Å². The molecule has 20 heavy (non-hydrogen) atoms. The Morgan fingerprint density at radius 1 is 1.10 bits per heavy atom. The molecule has 0 aromatic heterocycles. The van der Waals surface area contributed by atoms with Gasteiger partial charge in [0.25, 0.3) is 0 Å². The number of rotatable bonds is 9. The van der Waals surface area contributed by atoms with Crippen molar-refractivity contribution in [3.05, 3.63) is 0 Å². The van der Waals surface area contributed by atoms with E-state index < -0.39 is 0 Å². The molecule has 1 saturated carbocycles. The molecule has 1 fully saturated rings. The van der Waals surface area contributed by atoms with Crippen molar-refractivity contribution in [3.63, 3.8) is 0 Å². The summed E-state index contributed by atoms with van der Waals surface area (Å²) >= 11 is 0.